The molecular weight excluding hydrogens is 466 g/mol. The van der Waals surface area contributed by atoms with Crippen LogP contribution in [0.2, 0.25) is 5.02 Å². The Labute approximate surface area is 197 Å². The van der Waals surface area contributed by atoms with Crippen LogP contribution in [-0.4, -0.2) is 25.2 Å². The number of hydrogen-bond donors (Lipinski definition) is 0. The summed E-state index contributed by atoms with van der Waals surface area (Å²) in [7, 11) is 1.61. The van der Waals surface area contributed by atoms with Crippen molar-refractivity contribution in [3.8, 4) is 10.6 Å². The van der Waals surface area contributed by atoms with Crippen LogP contribution in [0, 0.1) is 20.8 Å². The van der Waals surface area contributed by atoms with E-state index in [1.54, 1.807) is 14.0 Å². The van der Waals surface area contributed by atoms with Gasteiger partial charge in [-0.1, -0.05) is 29.8 Å². The molecule has 0 bridgehead atoms. The topological polar surface area (TPSA) is 82.1 Å². The van der Waals surface area contributed by atoms with Crippen molar-refractivity contribution < 1.29 is 4.79 Å². The molecule has 0 radical (unpaired) electrons. The number of aryl methyl sites for hydroxylation is 3. The molecule has 1 amide bonds. The smallest absolute Gasteiger partial charge is 0.291 e. The first-order chi connectivity index (χ1) is 15.3. The molecule has 7 nitrogen and oxygen atoms in total. The SMILES string of the molecule is Cc1nc(-c2c(C)c(C)nn(C)c2=O)sc1C(=O)N=c1sccn1Cc1ccccc1Cl. The largest absolute Gasteiger partial charge is 0.319 e. The maximum atomic E-state index is 13.0. The minimum atomic E-state index is -0.387. The normalized spacial score (nSPS) is 11.8. The second-order valence-electron chi connectivity index (χ2n) is 7.27. The molecule has 0 aliphatic carbocycles. The van der Waals surface area contributed by atoms with E-state index in [9.17, 15) is 9.59 Å². The molecule has 0 N–H and O–H groups in total. The predicted molar refractivity (Wildman–Crippen MR) is 128 cm³/mol. The summed E-state index contributed by atoms with van der Waals surface area (Å²) in [6.07, 6.45) is 1.87. The Balaban J connectivity index is 1.71. The van der Waals surface area contributed by atoms with Crippen LogP contribution < -0.4 is 10.4 Å². The molecule has 3 heterocycles. The number of hydrogen-bond acceptors (Lipinski definition) is 6. The van der Waals surface area contributed by atoms with Crippen molar-refractivity contribution in [3.05, 3.63) is 83.4 Å². The molecule has 32 heavy (non-hydrogen) atoms. The van der Waals surface area contributed by atoms with E-state index in [0.29, 0.717) is 37.5 Å². The van der Waals surface area contributed by atoms with E-state index in [2.05, 4.69) is 15.1 Å². The lowest BCUT2D eigenvalue weighted by Crippen LogP contribution is -2.23. The van der Waals surface area contributed by atoms with Crippen LogP contribution in [-0.2, 0) is 13.6 Å². The van der Waals surface area contributed by atoms with Crippen LogP contribution >= 0.6 is 34.3 Å². The Bertz CT molecular complexity index is 1460. The van der Waals surface area contributed by atoms with Gasteiger partial charge in [0.1, 0.15) is 9.88 Å². The van der Waals surface area contributed by atoms with E-state index in [-0.39, 0.29) is 11.5 Å². The van der Waals surface area contributed by atoms with E-state index in [4.69, 9.17) is 11.6 Å². The van der Waals surface area contributed by atoms with Crippen molar-refractivity contribution in [2.45, 2.75) is 27.3 Å². The molecule has 1 aromatic carbocycles. The highest BCUT2D eigenvalue weighted by Crippen LogP contribution is 2.29. The minimum absolute atomic E-state index is 0.242. The molecule has 0 saturated carbocycles. The Hall–Kier alpha value is -2.88. The first-order valence-corrected chi connectivity index (χ1v) is 11.8. The summed E-state index contributed by atoms with van der Waals surface area (Å²) in [6, 6.07) is 7.58. The number of nitrogens with zero attached hydrogens (tertiary/aromatic N) is 5. The zero-order chi connectivity index (χ0) is 23.0. The number of carbonyl (C=O) groups excluding carboxylic acids is 1. The molecule has 0 atom stereocenters. The second-order valence-corrected chi connectivity index (χ2v) is 9.55. The average Bonchev–Trinajstić information content (AvgIpc) is 3.34. The van der Waals surface area contributed by atoms with Crippen LogP contribution in [0.3, 0.4) is 0 Å². The number of halogens is 1. The van der Waals surface area contributed by atoms with E-state index < -0.39 is 0 Å². The van der Waals surface area contributed by atoms with Crippen molar-refractivity contribution in [2.75, 3.05) is 0 Å². The molecule has 0 aliphatic rings. The van der Waals surface area contributed by atoms with Gasteiger partial charge in [0, 0.05) is 23.6 Å². The van der Waals surface area contributed by atoms with Crippen LogP contribution in [0.4, 0.5) is 0 Å². The lowest BCUT2D eigenvalue weighted by molar-refractivity contribution is 0.100. The van der Waals surface area contributed by atoms with Gasteiger partial charge in [-0.15, -0.1) is 22.7 Å². The molecule has 10 heteroatoms. The molecule has 0 saturated heterocycles. The molecule has 0 spiro atoms. The van der Waals surface area contributed by atoms with Crippen LogP contribution in [0.15, 0.2) is 45.6 Å². The van der Waals surface area contributed by atoms with E-state index in [1.165, 1.54) is 27.4 Å². The summed E-state index contributed by atoms with van der Waals surface area (Å²) >= 11 is 8.83. The monoisotopic (exact) mass is 485 g/mol. The molecule has 4 aromatic rings. The zero-order valence-corrected chi connectivity index (χ0v) is 20.3. The Morgan fingerprint density at radius 2 is 1.94 bits per heavy atom. The maximum Gasteiger partial charge on any atom is 0.291 e. The number of aromatic nitrogens is 4. The molecule has 0 fully saturated rings. The lowest BCUT2D eigenvalue weighted by Gasteiger charge is -2.07. The molecule has 3 aromatic heterocycles. The van der Waals surface area contributed by atoms with Crippen LogP contribution in [0.5, 0.6) is 0 Å². The number of rotatable bonds is 4. The zero-order valence-electron chi connectivity index (χ0n) is 17.9. The first-order valence-electron chi connectivity index (χ1n) is 9.75. The van der Waals surface area contributed by atoms with Gasteiger partial charge in [0.25, 0.3) is 11.5 Å². The summed E-state index contributed by atoms with van der Waals surface area (Å²) in [5.41, 5.74) is 3.21. The number of amides is 1. The summed E-state index contributed by atoms with van der Waals surface area (Å²) in [5, 5.41) is 7.25. The molecule has 0 unspecified atom stereocenters. The van der Waals surface area contributed by atoms with Gasteiger partial charge in [-0.2, -0.15) is 10.1 Å². The number of thiazole rings is 2. The van der Waals surface area contributed by atoms with Crippen molar-refractivity contribution >= 4 is 40.2 Å². The Kier molecular flexibility index (Phi) is 6.23. The summed E-state index contributed by atoms with van der Waals surface area (Å²) in [5.74, 6) is -0.387. The highest BCUT2D eigenvalue weighted by atomic mass is 35.5. The van der Waals surface area contributed by atoms with E-state index in [1.807, 2.05) is 54.3 Å². The van der Waals surface area contributed by atoms with Gasteiger partial charge in [-0.05, 0) is 38.0 Å². The Morgan fingerprint density at radius 3 is 2.69 bits per heavy atom. The fourth-order valence-electron chi connectivity index (χ4n) is 3.26. The van der Waals surface area contributed by atoms with Crippen LogP contribution in [0.25, 0.3) is 10.6 Å². The molecular formula is C22H20ClN5O2S2. The van der Waals surface area contributed by atoms with Crippen molar-refractivity contribution in [2.24, 2.45) is 12.0 Å². The quantitative estimate of drug-likeness (QED) is 0.435. The highest BCUT2D eigenvalue weighted by molar-refractivity contribution is 7.17. The van der Waals surface area contributed by atoms with Crippen molar-refractivity contribution in [3.63, 3.8) is 0 Å². The van der Waals surface area contributed by atoms with Gasteiger partial charge in [-0.25, -0.2) is 9.67 Å². The number of benzene rings is 1. The van der Waals surface area contributed by atoms with Gasteiger partial charge < -0.3 is 4.57 Å². The maximum absolute atomic E-state index is 13.0. The van der Waals surface area contributed by atoms with Crippen molar-refractivity contribution in [1.82, 2.24) is 19.3 Å². The van der Waals surface area contributed by atoms with Crippen LogP contribution in [0.1, 0.15) is 32.2 Å². The lowest BCUT2D eigenvalue weighted by atomic mass is 10.1. The summed E-state index contributed by atoms with van der Waals surface area (Å²) in [6.45, 7) is 5.94. The van der Waals surface area contributed by atoms with Gasteiger partial charge >= 0.3 is 0 Å². The third-order valence-corrected chi connectivity index (χ3v) is 7.41. The van der Waals surface area contributed by atoms with Gasteiger partial charge in [0.15, 0.2) is 4.80 Å². The molecule has 0 aliphatic heterocycles. The standard InChI is InChI=1S/C22H20ClN5O2S2/c1-12-13(2)26-27(4)21(30)17(12)20-24-14(3)18(32-20)19(29)25-22-28(9-10-31-22)11-15-7-5-6-8-16(15)23/h5-10H,11H2,1-4H3. The number of carbonyl (C=O) groups is 1. The Morgan fingerprint density at radius 1 is 1.19 bits per heavy atom. The minimum Gasteiger partial charge on any atom is -0.319 e. The average molecular weight is 486 g/mol. The summed E-state index contributed by atoms with van der Waals surface area (Å²) in [4.78, 5) is 35.5. The highest BCUT2D eigenvalue weighted by Gasteiger charge is 2.21. The van der Waals surface area contributed by atoms with Gasteiger partial charge in [0.2, 0.25) is 0 Å². The summed E-state index contributed by atoms with van der Waals surface area (Å²) < 4.78 is 3.18. The third-order valence-electron chi connectivity index (χ3n) is 5.09. The molecule has 4 rings (SSSR count). The molecule has 164 valence electrons. The van der Waals surface area contributed by atoms with Crippen molar-refractivity contribution in [1.29, 1.82) is 0 Å². The predicted octanol–water partition coefficient (Wildman–Crippen LogP) is 4.13. The fourth-order valence-corrected chi connectivity index (χ4v) is 5.22. The van der Waals surface area contributed by atoms with E-state index in [0.717, 1.165) is 16.8 Å². The second kappa shape index (κ2) is 8.93. The fraction of sp³-hybridized carbons (Fsp3) is 0.227. The van der Waals surface area contributed by atoms with E-state index >= 15 is 0 Å². The third kappa shape index (κ3) is 4.23. The van der Waals surface area contributed by atoms with Gasteiger partial charge in [-0.3, -0.25) is 9.59 Å². The van der Waals surface area contributed by atoms with Gasteiger partial charge in [0.05, 0.1) is 23.5 Å². The first kappa shape index (κ1) is 22.3.